The van der Waals surface area contributed by atoms with Crippen LogP contribution in [0.25, 0.3) is 20.3 Å². The molecule has 1 aromatic carbocycles. The van der Waals surface area contributed by atoms with Gasteiger partial charge in [0.1, 0.15) is 10.5 Å². The first-order valence-electron chi connectivity index (χ1n) is 6.50. The molecule has 6 heteroatoms. The topological polar surface area (TPSA) is 57.8 Å². The Kier molecular flexibility index (Phi) is 3.74. The van der Waals surface area contributed by atoms with Crippen molar-refractivity contribution in [2.75, 3.05) is 6.54 Å². The second kappa shape index (κ2) is 5.52. The third-order valence-corrected chi connectivity index (χ3v) is 4.45. The Balaban J connectivity index is 2.15. The lowest BCUT2D eigenvalue weighted by molar-refractivity contribution is 0.651. The SMILES string of the molecule is CCCNCc1nc2c(sc3ccc(Cl)cc32)c(=O)[nH]1. The standard InChI is InChI=1S/C14H14ClN3OS/c1-2-5-16-7-11-17-12-9-6-8(15)3-4-10(9)20-13(12)14(19)18-11/h3-4,6,16H,2,5,7H2,1H3,(H,17,18,19). The maximum atomic E-state index is 12.1. The van der Waals surface area contributed by atoms with E-state index in [9.17, 15) is 4.79 Å². The number of H-pyrrole nitrogens is 1. The minimum absolute atomic E-state index is 0.0828. The van der Waals surface area contributed by atoms with Gasteiger partial charge in [0, 0.05) is 15.1 Å². The first-order valence-corrected chi connectivity index (χ1v) is 7.70. The molecule has 4 nitrogen and oxygen atoms in total. The molecule has 0 bridgehead atoms. The predicted molar refractivity (Wildman–Crippen MR) is 84.8 cm³/mol. The summed E-state index contributed by atoms with van der Waals surface area (Å²) in [5.74, 6) is 0.663. The zero-order chi connectivity index (χ0) is 14.1. The molecule has 3 aromatic rings. The number of nitrogens with one attached hydrogen (secondary N) is 2. The van der Waals surface area contributed by atoms with Crippen LogP contribution in [0.2, 0.25) is 5.02 Å². The molecule has 2 N–H and O–H groups in total. The summed E-state index contributed by atoms with van der Waals surface area (Å²) in [5, 5.41) is 4.84. The Hall–Kier alpha value is -1.43. The van der Waals surface area contributed by atoms with Gasteiger partial charge in [0.2, 0.25) is 0 Å². The van der Waals surface area contributed by atoms with Crippen molar-refractivity contribution in [3.8, 4) is 0 Å². The van der Waals surface area contributed by atoms with E-state index in [1.807, 2.05) is 18.2 Å². The van der Waals surface area contributed by atoms with Crippen LogP contribution in [0, 0.1) is 0 Å². The van der Waals surface area contributed by atoms with Gasteiger partial charge in [-0.15, -0.1) is 11.3 Å². The summed E-state index contributed by atoms with van der Waals surface area (Å²) < 4.78 is 1.68. The highest BCUT2D eigenvalue weighted by molar-refractivity contribution is 7.25. The normalized spacial score (nSPS) is 11.5. The van der Waals surface area contributed by atoms with Crippen LogP contribution in [0.4, 0.5) is 0 Å². The van der Waals surface area contributed by atoms with Crippen molar-refractivity contribution in [1.29, 1.82) is 0 Å². The van der Waals surface area contributed by atoms with Gasteiger partial charge in [-0.3, -0.25) is 4.79 Å². The Bertz CT molecular complexity index is 824. The number of thiophene rings is 1. The van der Waals surface area contributed by atoms with Crippen LogP contribution in [0.1, 0.15) is 19.2 Å². The smallest absolute Gasteiger partial charge is 0.268 e. The van der Waals surface area contributed by atoms with Crippen LogP contribution in [-0.2, 0) is 6.54 Å². The fourth-order valence-corrected chi connectivity index (χ4v) is 3.33. The van der Waals surface area contributed by atoms with Gasteiger partial charge in [0.25, 0.3) is 5.56 Å². The molecule has 0 spiro atoms. The van der Waals surface area contributed by atoms with E-state index in [1.54, 1.807) is 0 Å². The number of halogens is 1. The van der Waals surface area contributed by atoms with Gasteiger partial charge in [-0.05, 0) is 31.2 Å². The van der Waals surface area contributed by atoms with Crippen LogP contribution in [0.5, 0.6) is 0 Å². The van der Waals surface area contributed by atoms with Gasteiger partial charge in [0.05, 0.1) is 12.1 Å². The molecular formula is C14H14ClN3OS. The number of fused-ring (bicyclic) bond motifs is 3. The molecule has 0 radical (unpaired) electrons. The van der Waals surface area contributed by atoms with Crippen molar-refractivity contribution in [3.05, 3.63) is 39.4 Å². The molecule has 0 saturated carbocycles. The Morgan fingerprint density at radius 2 is 2.30 bits per heavy atom. The molecule has 104 valence electrons. The number of aromatic nitrogens is 2. The minimum atomic E-state index is -0.0828. The van der Waals surface area contributed by atoms with Crippen molar-refractivity contribution in [3.63, 3.8) is 0 Å². The zero-order valence-corrected chi connectivity index (χ0v) is 12.6. The number of rotatable bonds is 4. The summed E-state index contributed by atoms with van der Waals surface area (Å²) in [7, 11) is 0. The largest absolute Gasteiger partial charge is 0.310 e. The van der Waals surface area contributed by atoms with Gasteiger partial charge in [-0.1, -0.05) is 18.5 Å². The summed E-state index contributed by atoms with van der Waals surface area (Å²) >= 11 is 7.49. The molecule has 0 fully saturated rings. The Morgan fingerprint density at radius 1 is 1.45 bits per heavy atom. The van der Waals surface area contributed by atoms with Crippen LogP contribution in [0.3, 0.4) is 0 Å². The molecule has 0 saturated heterocycles. The Labute approximate surface area is 124 Å². The number of aromatic amines is 1. The third kappa shape index (κ3) is 2.44. The average molecular weight is 308 g/mol. The van der Waals surface area contributed by atoms with Crippen molar-refractivity contribution < 1.29 is 0 Å². The molecule has 0 unspecified atom stereocenters. The molecule has 3 rings (SSSR count). The van der Waals surface area contributed by atoms with Crippen LogP contribution < -0.4 is 10.9 Å². The lowest BCUT2D eigenvalue weighted by Crippen LogP contribution is -2.19. The van der Waals surface area contributed by atoms with E-state index >= 15 is 0 Å². The van der Waals surface area contributed by atoms with E-state index in [2.05, 4.69) is 22.2 Å². The minimum Gasteiger partial charge on any atom is -0.310 e. The van der Waals surface area contributed by atoms with Gasteiger partial charge < -0.3 is 10.3 Å². The van der Waals surface area contributed by atoms with Crippen LogP contribution >= 0.6 is 22.9 Å². The quantitative estimate of drug-likeness (QED) is 0.727. The van der Waals surface area contributed by atoms with Crippen LogP contribution in [-0.4, -0.2) is 16.5 Å². The summed E-state index contributed by atoms with van der Waals surface area (Å²) in [5.41, 5.74) is 0.658. The molecule has 0 amide bonds. The second-order valence-electron chi connectivity index (χ2n) is 4.61. The summed E-state index contributed by atoms with van der Waals surface area (Å²) in [6.07, 6.45) is 1.05. The molecule has 20 heavy (non-hydrogen) atoms. The second-order valence-corrected chi connectivity index (χ2v) is 6.10. The van der Waals surface area contributed by atoms with Crippen LogP contribution in [0.15, 0.2) is 23.0 Å². The molecule has 2 heterocycles. The molecule has 2 aromatic heterocycles. The number of benzene rings is 1. The maximum absolute atomic E-state index is 12.1. The highest BCUT2D eigenvalue weighted by atomic mass is 35.5. The zero-order valence-electron chi connectivity index (χ0n) is 11.0. The van der Waals surface area contributed by atoms with Gasteiger partial charge >= 0.3 is 0 Å². The predicted octanol–water partition coefficient (Wildman–Crippen LogP) is 3.29. The Morgan fingerprint density at radius 3 is 3.10 bits per heavy atom. The van der Waals surface area contributed by atoms with E-state index in [4.69, 9.17) is 11.6 Å². The van der Waals surface area contributed by atoms with Gasteiger partial charge in [0.15, 0.2) is 0 Å². The van der Waals surface area contributed by atoms with Gasteiger partial charge in [-0.25, -0.2) is 4.98 Å². The number of hydrogen-bond acceptors (Lipinski definition) is 4. The van der Waals surface area contributed by atoms with E-state index in [0.717, 1.165) is 28.6 Å². The van der Waals surface area contributed by atoms with E-state index in [0.29, 0.717) is 22.1 Å². The van der Waals surface area contributed by atoms with Crippen molar-refractivity contribution in [1.82, 2.24) is 15.3 Å². The summed E-state index contributed by atoms with van der Waals surface area (Å²) in [4.78, 5) is 19.5. The molecule has 0 atom stereocenters. The van der Waals surface area contributed by atoms with E-state index in [1.165, 1.54) is 11.3 Å². The third-order valence-electron chi connectivity index (χ3n) is 3.05. The maximum Gasteiger partial charge on any atom is 0.268 e. The molecule has 0 aliphatic rings. The van der Waals surface area contributed by atoms with E-state index in [-0.39, 0.29) is 5.56 Å². The average Bonchev–Trinajstić information content (AvgIpc) is 2.78. The van der Waals surface area contributed by atoms with Crippen molar-refractivity contribution in [2.45, 2.75) is 19.9 Å². The molecule has 0 aliphatic heterocycles. The number of hydrogen-bond donors (Lipinski definition) is 2. The first kappa shape index (κ1) is 13.5. The first-order chi connectivity index (χ1) is 9.69. The molecular weight excluding hydrogens is 294 g/mol. The van der Waals surface area contributed by atoms with Crippen molar-refractivity contribution in [2.24, 2.45) is 0 Å². The number of nitrogens with zero attached hydrogens (tertiary/aromatic N) is 1. The highest BCUT2D eigenvalue weighted by Crippen LogP contribution is 2.32. The lowest BCUT2D eigenvalue weighted by atomic mass is 10.2. The summed E-state index contributed by atoms with van der Waals surface area (Å²) in [6, 6.07) is 5.63. The van der Waals surface area contributed by atoms with Crippen molar-refractivity contribution >= 4 is 43.2 Å². The van der Waals surface area contributed by atoms with Gasteiger partial charge in [-0.2, -0.15) is 0 Å². The van der Waals surface area contributed by atoms with E-state index < -0.39 is 0 Å². The fourth-order valence-electron chi connectivity index (χ4n) is 2.14. The monoisotopic (exact) mass is 307 g/mol. The molecule has 0 aliphatic carbocycles. The summed E-state index contributed by atoms with van der Waals surface area (Å²) in [6.45, 7) is 3.57. The lowest BCUT2D eigenvalue weighted by Gasteiger charge is -2.02. The fraction of sp³-hybridized carbons (Fsp3) is 0.286. The highest BCUT2D eigenvalue weighted by Gasteiger charge is 2.11.